The Morgan fingerprint density at radius 3 is 2.94 bits per heavy atom. The Morgan fingerprint density at radius 1 is 1.56 bits per heavy atom. The van der Waals surface area contributed by atoms with Crippen LogP contribution in [0.25, 0.3) is 0 Å². The summed E-state index contributed by atoms with van der Waals surface area (Å²) >= 11 is 6.06. The number of carbonyl (C=O) groups is 1. The summed E-state index contributed by atoms with van der Waals surface area (Å²) in [4.78, 5) is 11.5. The summed E-state index contributed by atoms with van der Waals surface area (Å²) in [6, 6.07) is 5.46. The molecule has 0 aromatic heterocycles. The number of methoxy groups -OCH3 is 1. The van der Waals surface area contributed by atoms with E-state index in [9.17, 15) is 4.79 Å². The predicted octanol–water partition coefficient (Wildman–Crippen LogP) is 2.37. The Labute approximate surface area is 99.7 Å². The quantitative estimate of drug-likeness (QED) is 0.876. The molecule has 1 fully saturated rings. The summed E-state index contributed by atoms with van der Waals surface area (Å²) in [5, 5.41) is 3.49. The molecule has 0 saturated heterocycles. The van der Waals surface area contributed by atoms with E-state index in [1.807, 2.05) is 12.1 Å². The fraction of sp³-hybridized carbons (Fsp3) is 0.417. The van der Waals surface area contributed by atoms with Crippen molar-refractivity contribution in [2.24, 2.45) is 5.92 Å². The summed E-state index contributed by atoms with van der Waals surface area (Å²) in [6.07, 6.45) is 2.01. The number of hydrogen-bond acceptors (Lipinski definition) is 2. The lowest BCUT2D eigenvalue weighted by Crippen LogP contribution is -2.24. The first-order valence-electron chi connectivity index (χ1n) is 5.31. The molecule has 0 unspecified atom stereocenters. The van der Waals surface area contributed by atoms with Crippen molar-refractivity contribution in [1.82, 2.24) is 5.32 Å². The van der Waals surface area contributed by atoms with E-state index < -0.39 is 0 Å². The van der Waals surface area contributed by atoms with Crippen LogP contribution < -0.4 is 10.1 Å². The van der Waals surface area contributed by atoms with Crippen LogP contribution in [-0.4, -0.2) is 13.0 Å². The van der Waals surface area contributed by atoms with Gasteiger partial charge in [-0.15, -0.1) is 0 Å². The smallest absolute Gasteiger partial charge is 0.223 e. The molecule has 1 aliphatic rings. The zero-order valence-electron chi connectivity index (χ0n) is 9.13. The molecule has 1 saturated carbocycles. The van der Waals surface area contributed by atoms with Crippen molar-refractivity contribution in [2.75, 3.05) is 7.11 Å². The van der Waals surface area contributed by atoms with Crippen LogP contribution in [0.4, 0.5) is 0 Å². The molecular formula is C12H14ClNO2. The van der Waals surface area contributed by atoms with Crippen molar-refractivity contribution < 1.29 is 9.53 Å². The second-order valence-electron chi connectivity index (χ2n) is 3.91. The summed E-state index contributed by atoms with van der Waals surface area (Å²) in [5.74, 6) is 1.04. The highest BCUT2D eigenvalue weighted by Gasteiger charge is 2.29. The van der Waals surface area contributed by atoms with Crippen molar-refractivity contribution >= 4 is 17.5 Å². The van der Waals surface area contributed by atoms with Gasteiger partial charge in [0, 0.05) is 23.0 Å². The number of amides is 1. The number of rotatable bonds is 4. The number of nitrogens with one attached hydrogen (secondary N) is 1. The highest BCUT2D eigenvalue weighted by molar-refractivity contribution is 6.31. The SMILES string of the molecule is COc1cccc(Cl)c1CNC(=O)C1CC1. The van der Waals surface area contributed by atoms with Crippen molar-refractivity contribution in [3.8, 4) is 5.75 Å². The van der Waals surface area contributed by atoms with Crippen molar-refractivity contribution in [2.45, 2.75) is 19.4 Å². The Balaban J connectivity index is 2.04. The topological polar surface area (TPSA) is 38.3 Å². The summed E-state index contributed by atoms with van der Waals surface area (Å²) < 4.78 is 5.20. The van der Waals surface area contributed by atoms with E-state index in [2.05, 4.69) is 5.32 Å². The zero-order valence-corrected chi connectivity index (χ0v) is 9.88. The summed E-state index contributed by atoms with van der Waals surface area (Å²) in [6.45, 7) is 0.429. The number of halogens is 1. The maximum atomic E-state index is 11.5. The van der Waals surface area contributed by atoms with Gasteiger partial charge in [0.2, 0.25) is 5.91 Å². The van der Waals surface area contributed by atoms with Crippen LogP contribution in [0, 0.1) is 5.92 Å². The fourth-order valence-electron chi connectivity index (χ4n) is 1.57. The Bertz CT molecular complexity index is 402. The number of benzene rings is 1. The average molecular weight is 240 g/mol. The van der Waals surface area contributed by atoms with Crippen molar-refractivity contribution in [3.63, 3.8) is 0 Å². The molecular weight excluding hydrogens is 226 g/mol. The van der Waals surface area contributed by atoms with Gasteiger partial charge in [-0.2, -0.15) is 0 Å². The third kappa shape index (κ3) is 2.47. The van der Waals surface area contributed by atoms with Crippen molar-refractivity contribution in [3.05, 3.63) is 28.8 Å². The predicted molar refractivity (Wildman–Crippen MR) is 62.6 cm³/mol. The molecule has 1 N–H and O–H groups in total. The van der Waals surface area contributed by atoms with Gasteiger partial charge < -0.3 is 10.1 Å². The van der Waals surface area contributed by atoms with Gasteiger partial charge in [-0.1, -0.05) is 17.7 Å². The van der Waals surface area contributed by atoms with Gasteiger partial charge in [-0.3, -0.25) is 4.79 Å². The number of carbonyl (C=O) groups excluding carboxylic acids is 1. The lowest BCUT2D eigenvalue weighted by molar-refractivity contribution is -0.122. The molecule has 16 heavy (non-hydrogen) atoms. The van der Waals surface area contributed by atoms with Gasteiger partial charge in [-0.05, 0) is 25.0 Å². The van der Waals surface area contributed by atoms with Crippen LogP contribution in [0.1, 0.15) is 18.4 Å². The van der Waals surface area contributed by atoms with E-state index in [4.69, 9.17) is 16.3 Å². The van der Waals surface area contributed by atoms with E-state index in [0.717, 1.165) is 18.4 Å². The second-order valence-corrected chi connectivity index (χ2v) is 4.32. The molecule has 1 amide bonds. The molecule has 3 nitrogen and oxygen atoms in total. The molecule has 2 rings (SSSR count). The first kappa shape index (κ1) is 11.3. The Morgan fingerprint density at radius 2 is 2.31 bits per heavy atom. The highest BCUT2D eigenvalue weighted by atomic mass is 35.5. The first-order valence-corrected chi connectivity index (χ1v) is 5.69. The molecule has 0 spiro atoms. The number of ether oxygens (including phenoxy) is 1. The lowest BCUT2D eigenvalue weighted by atomic mass is 10.2. The third-order valence-corrected chi connectivity index (χ3v) is 3.04. The first-order chi connectivity index (χ1) is 7.72. The zero-order chi connectivity index (χ0) is 11.5. The fourth-order valence-corrected chi connectivity index (χ4v) is 1.80. The molecule has 0 aliphatic heterocycles. The van der Waals surface area contributed by atoms with Crippen LogP contribution in [0.2, 0.25) is 5.02 Å². The van der Waals surface area contributed by atoms with Gasteiger partial charge in [0.25, 0.3) is 0 Å². The van der Waals surface area contributed by atoms with Gasteiger partial charge >= 0.3 is 0 Å². The standard InChI is InChI=1S/C12H14ClNO2/c1-16-11-4-2-3-10(13)9(11)7-14-12(15)8-5-6-8/h2-4,8H,5-7H2,1H3,(H,14,15). The van der Waals surface area contributed by atoms with E-state index in [-0.39, 0.29) is 11.8 Å². The Hall–Kier alpha value is -1.22. The molecule has 1 aromatic rings. The molecule has 0 radical (unpaired) electrons. The minimum Gasteiger partial charge on any atom is -0.496 e. The third-order valence-electron chi connectivity index (χ3n) is 2.68. The molecule has 0 atom stereocenters. The maximum absolute atomic E-state index is 11.5. The minimum atomic E-state index is 0.113. The van der Waals surface area contributed by atoms with Gasteiger partial charge in [-0.25, -0.2) is 0 Å². The van der Waals surface area contributed by atoms with Gasteiger partial charge in [0.1, 0.15) is 5.75 Å². The minimum absolute atomic E-state index is 0.113. The van der Waals surface area contributed by atoms with Crippen LogP contribution in [0.5, 0.6) is 5.75 Å². The van der Waals surface area contributed by atoms with Crippen LogP contribution in [0.15, 0.2) is 18.2 Å². The normalized spacial score (nSPS) is 14.6. The molecule has 0 heterocycles. The van der Waals surface area contributed by atoms with E-state index in [1.54, 1.807) is 13.2 Å². The van der Waals surface area contributed by atoms with Crippen LogP contribution in [0.3, 0.4) is 0 Å². The molecule has 0 bridgehead atoms. The average Bonchev–Trinajstić information content (AvgIpc) is 3.10. The summed E-state index contributed by atoms with van der Waals surface area (Å²) in [5.41, 5.74) is 0.834. The highest BCUT2D eigenvalue weighted by Crippen LogP contribution is 2.30. The lowest BCUT2D eigenvalue weighted by Gasteiger charge is -2.11. The Kier molecular flexibility index (Phi) is 3.34. The maximum Gasteiger partial charge on any atom is 0.223 e. The van der Waals surface area contributed by atoms with Crippen LogP contribution in [-0.2, 0) is 11.3 Å². The summed E-state index contributed by atoms with van der Waals surface area (Å²) in [7, 11) is 1.60. The van der Waals surface area contributed by atoms with Crippen molar-refractivity contribution in [1.29, 1.82) is 0 Å². The number of hydrogen-bond donors (Lipinski definition) is 1. The van der Waals surface area contributed by atoms with Gasteiger partial charge in [0.05, 0.1) is 7.11 Å². The van der Waals surface area contributed by atoms with E-state index >= 15 is 0 Å². The van der Waals surface area contributed by atoms with E-state index in [0.29, 0.717) is 17.3 Å². The van der Waals surface area contributed by atoms with E-state index in [1.165, 1.54) is 0 Å². The van der Waals surface area contributed by atoms with Gasteiger partial charge in [0.15, 0.2) is 0 Å². The van der Waals surface area contributed by atoms with Crippen LogP contribution >= 0.6 is 11.6 Å². The largest absolute Gasteiger partial charge is 0.496 e. The molecule has 1 aromatic carbocycles. The second kappa shape index (κ2) is 4.74. The molecule has 4 heteroatoms. The monoisotopic (exact) mass is 239 g/mol. The molecule has 1 aliphatic carbocycles. The molecule has 86 valence electrons.